The molecule has 0 radical (unpaired) electrons. The van der Waals surface area contributed by atoms with Gasteiger partial charge in [-0.15, -0.1) is 5.10 Å². The number of hydrogen-bond acceptors (Lipinski definition) is 7. The number of nitrogens with one attached hydrogen (secondary N) is 3. The molecule has 1 amide bonds. The van der Waals surface area contributed by atoms with Crippen LogP contribution in [0.25, 0.3) is 11.5 Å². The molecule has 4 rings (SSSR count). The summed E-state index contributed by atoms with van der Waals surface area (Å²) in [6, 6.07) is 18.5. The van der Waals surface area contributed by atoms with Gasteiger partial charge in [-0.05, 0) is 36.4 Å². The molecule has 2 aromatic carbocycles. The van der Waals surface area contributed by atoms with E-state index in [1.807, 2.05) is 18.2 Å². The van der Waals surface area contributed by atoms with Gasteiger partial charge in [-0.25, -0.2) is 0 Å². The van der Waals surface area contributed by atoms with Gasteiger partial charge < -0.3 is 5.32 Å². The first-order chi connectivity index (χ1) is 14.6. The number of carbonyl (C=O) groups is 1. The molecular formula is C20H15N7O3. The number of aromatic amines is 1. The zero-order valence-corrected chi connectivity index (χ0v) is 15.4. The van der Waals surface area contributed by atoms with Gasteiger partial charge in [0.15, 0.2) is 5.82 Å². The van der Waals surface area contributed by atoms with Crippen LogP contribution in [-0.2, 0) is 0 Å². The zero-order chi connectivity index (χ0) is 20.9. The van der Waals surface area contributed by atoms with Crippen molar-refractivity contribution in [2.75, 3.05) is 10.6 Å². The SMILES string of the molecule is O=C(Nc1n[nH]c(-c2ccccn2)n1)c1ccc(Nc2ccccc2)c([N+](=O)[O-])c1. The molecule has 2 heterocycles. The number of benzene rings is 2. The van der Waals surface area contributed by atoms with E-state index >= 15 is 0 Å². The Hall–Kier alpha value is -4.60. The van der Waals surface area contributed by atoms with Gasteiger partial charge in [-0.2, -0.15) is 4.98 Å². The van der Waals surface area contributed by atoms with Crippen LogP contribution >= 0.6 is 0 Å². The molecule has 0 aliphatic heterocycles. The topological polar surface area (TPSA) is 139 Å². The van der Waals surface area contributed by atoms with Gasteiger partial charge in [0, 0.05) is 23.5 Å². The van der Waals surface area contributed by atoms with E-state index in [1.54, 1.807) is 36.5 Å². The molecular weight excluding hydrogens is 386 g/mol. The van der Waals surface area contributed by atoms with E-state index in [2.05, 4.69) is 30.8 Å². The van der Waals surface area contributed by atoms with Crippen molar-refractivity contribution in [3.8, 4) is 11.5 Å². The van der Waals surface area contributed by atoms with Crippen LogP contribution in [0.2, 0.25) is 0 Å². The summed E-state index contributed by atoms with van der Waals surface area (Å²) in [6.45, 7) is 0. The first-order valence-electron chi connectivity index (χ1n) is 8.86. The molecule has 0 spiro atoms. The number of aromatic nitrogens is 4. The van der Waals surface area contributed by atoms with Gasteiger partial charge in [0.05, 0.1) is 4.92 Å². The molecule has 30 heavy (non-hydrogen) atoms. The summed E-state index contributed by atoms with van der Waals surface area (Å²) in [5.74, 6) is -0.148. The Morgan fingerprint density at radius 1 is 1.03 bits per heavy atom. The first kappa shape index (κ1) is 18.7. The number of para-hydroxylation sites is 1. The van der Waals surface area contributed by atoms with Crippen LogP contribution in [-0.4, -0.2) is 31.0 Å². The number of nitrogens with zero attached hydrogens (tertiary/aromatic N) is 4. The number of amides is 1. The van der Waals surface area contributed by atoms with Crippen molar-refractivity contribution < 1.29 is 9.72 Å². The van der Waals surface area contributed by atoms with E-state index < -0.39 is 10.8 Å². The number of pyridine rings is 1. The number of anilines is 3. The van der Waals surface area contributed by atoms with E-state index in [9.17, 15) is 14.9 Å². The summed E-state index contributed by atoms with van der Waals surface area (Å²) in [5.41, 5.74) is 1.41. The molecule has 0 unspecified atom stereocenters. The normalized spacial score (nSPS) is 10.4. The number of nitro groups is 1. The lowest BCUT2D eigenvalue weighted by atomic mass is 10.1. The summed E-state index contributed by atoms with van der Waals surface area (Å²) < 4.78 is 0. The highest BCUT2D eigenvalue weighted by Crippen LogP contribution is 2.29. The van der Waals surface area contributed by atoms with Crippen molar-refractivity contribution in [2.45, 2.75) is 0 Å². The van der Waals surface area contributed by atoms with Crippen LogP contribution in [0, 0.1) is 10.1 Å². The van der Waals surface area contributed by atoms with Crippen LogP contribution < -0.4 is 10.6 Å². The molecule has 148 valence electrons. The van der Waals surface area contributed by atoms with Crippen molar-refractivity contribution >= 4 is 28.9 Å². The molecule has 0 aliphatic carbocycles. The smallest absolute Gasteiger partial charge is 0.293 e. The predicted octanol–water partition coefficient (Wildman–Crippen LogP) is 3.77. The highest BCUT2D eigenvalue weighted by molar-refractivity contribution is 6.04. The van der Waals surface area contributed by atoms with E-state index in [4.69, 9.17) is 0 Å². The highest BCUT2D eigenvalue weighted by atomic mass is 16.6. The van der Waals surface area contributed by atoms with Gasteiger partial charge in [0.2, 0.25) is 5.95 Å². The quantitative estimate of drug-likeness (QED) is 0.330. The zero-order valence-electron chi connectivity index (χ0n) is 15.4. The Morgan fingerprint density at radius 3 is 2.57 bits per heavy atom. The van der Waals surface area contributed by atoms with Gasteiger partial charge in [-0.3, -0.25) is 30.3 Å². The first-order valence-corrected chi connectivity index (χ1v) is 8.86. The maximum Gasteiger partial charge on any atom is 0.293 e. The van der Waals surface area contributed by atoms with Crippen LogP contribution in [0.15, 0.2) is 72.9 Å². The Morgan fingerprint density at radius 2 is 1.83 bits per heavy atom. The summed E-state index contributed by atoms with van der Waals surface area (Å²) in [5, 5.41) is 23.6. The summed E-state index contributed by atoms with van der Waals surface area (Å²) in [7, 11) is 0. The fraction of sp³-hybridized carbons (Fsp3) is 0. The number of hydrogen-bond donors (Lipinski definition) is 3. The molecule has 0 saturated heterocycles. The predicted molar refractivity (Wildman–Crippen MR) is 110 cm³/mol. The molecule has 0 atom stereocenters. The largest absolute Gasteiger partial charge is 0.350 e. The molecule has 0 saturated carbocycles. The number of H-pyrrole nitrogens is 1. The minimum atomic E-state index is -0.573. The number of rotatable bonds is 6. The molecule has 10 heteroatoms. The fourth-order valence-electron chi connectivity index (χ4n) is 2.72. The molecule has 0 aliphatic rings. The van der Waals surface area contributed by atoms with E-state index in [0.717, 1.165) is 0 Å². The van der Waals surface area contributed by atoms with Gasteiger partial charge in [-0.1, -0.05) is 24.3 Å². The minimum absolute atomic E-state index is 0.0368. The summed E-state index contributed by atoms with van der Waals surface area (Å²) in [6.07, 6.45) is 1.61. The Labute approximate surface area is 170 Å². The molecule has 0 bridgehead atoms. The summed E-state index contributed by atoms with van der Waals surface area (Å²) >= 11 is 0. The summed E-state index contributed by atoms with van der Waals surface area (Å²) in [4.78, 5) is 31.8. The van der Waals surface area contributed by atoms with Crippen LogP contribution in [0.1, 0.15) is 10.4 Å². The number of carbonyl (C=O) groups excluding carboxylic acids is 1. The molecule has 4 aromatic rings. The molecule has 2 aromatic heterocycles. The van der Waals surface area contributed by atoms with Crippen molar-refractivity contribution in [2.24, 2.45) is 0 Å². The lowest BCUT2D eigenvalue weighted by molar-refractivity contribution is -0.383. The fourth-order valence-corrected chi connectivity index (χ4v) is 2.72. The van der Waals surface area contributed by atoms with Crippen LogP contribution in [0.3, 0.4) is 0 Å². The van der Waals surface area contributed by atoms with Crippen molar-refractivity contribution in [3.63, 3.8) is 0 Å². The van der Waals surface area contributed by atoms with Crippen LogP contribution in [0.4, 0.5) is 23.0 Å². The Balaban J connectivity index is 1.54. The Kier molecular flexibility index (Phi) is 5.12. The van der Waals surface area contributed by atoms with Gasteiger partial charge in [0.25, 0.3) is 11.6 Å². The monoisotopic (exact) mass is 401 g/mol. The third kappa shape index (κ3) is 4.12. The molecule has 10 nitrogen and oxygen atoms in total. The third-order valence-corrected chi connectivity index (χ3v) is 4.13. The highest BCUT2D eigenvalue weighted by Gasteiger charge is 2.19. The molecule has 3 N–H and O–H groups in total. The standard InChI is InChI=1S/C20H15N7O3/c28-19(24-20-23-18(25-26-20)16-8-4-5-11-21-16)13-9-10-15(17(12-13)27(29)30)22-14-6-2-1-3-7-14/h1-12,22H,(H2,23,24,25,26,28). The maximum absolute atomic E-state index is 12.5. The minimum Gasteiger partial charge on any atom is -0.350 e. The average Bonchev–Trinajstić information content (AvgIpc) is 3.23. The average molecular weight is 401 g/mol. The lowest BCUT2D eigenvalue weighted by Crippen LogP contribution is -2.13. The van der Waals surface area contributed by atoms with E-state index in [-0.39, 0.29) is 22.9 Å². The van der Waals surface area contributed by atoms with Crippen molar-refractivity contribution in [1.82, 2.24) is 20.2 Å². The third-order valence-electron chi connectivity index (χ3n) is 4.13. The van der Waals surface area contributed by atoms with E-state index in [0.29, 0.717) is 17.2 Å². The Bertz CT molecular complexity index is 1190. The van der Waals surface area contributed by atoms with Crippen LogP contribution in [0.5, 0.6) is 0 Å². The van der Waals surface area contributed by atoms with Crippen molar-refractivity contribution in [3.05, 3.63) is 88.6 Å². The second kappa shape index (κ2) is 8.19. The van der Waals surface area contributed by atoms with Crippen molar-refractivity contribution in [1.29, 1.82) is 0 Å². The number of nitro benzene ring substituents is 1. The van der Waals surface area contributed by atoms with Gasteiger partial charge in [0.1, 0.15) is 11.4 Å². The van der Waals surface area contributed by atoms with Gasteiger partial charge >= 0.3 is 0 Å². The second-order valence-electron chi connectivity index (χ2n) is 6.16. The molecule has 0 fully saturated rings. The van der Waals surface area contributed by atoms with E-state index in [1.165, 1.54) is 18.2 Å². The second-order valence-corrected chi connectivity index (χ2v) is 6.16. The maximum atomic E-state index is 12.5. The lowest BCUT2D eigenvalue weighted by Gasteiger charge is -2.08.